The normalized spacial score (nSPS) is 16.1. The highest BCUT2D eigenvalue weighted by Gasteiger charge is 2.34. The van der Waals surface area contributed by atoms with Gasteiger partial charge in [-0.1, -0.05) is 0 Å². The number of ether oxygens (including phenoxy) is 1. The van der Waals surface area contributed by atoms with Crippen molar-refractivity contribution >= 4 is 17.2 Å². The Hall–Kier alpha value is -3.05. The Bertz CT molecular complexity index is 1220. The second kappa shape index (κ2) is 11.1. The van der Waals surface area contributed by atoms with Crippen LogP contribution >= 0.6 is 11.3 Å². The Labute approximate surface area is 218 Å². The topological polar surface area (TPSA) is 80.2 Å². The zero-order valence-corrected chi connectivity index (χ0v) is 22.0. The average molecular weight is 534 g/mol. The van der Waals surface area contributed by atoms with Crippen molar-refractivity contribution in [1.82, 2.24) is 25.2 Å². The summed E-state index contributed by atoms with van der Waals surface area (Å²) in [6.45, 7) is 9.90. The van der Waals surface area contributed by atoms with Crippen molar-refractivity contribution in [2.24, 2.45) is 0 Å². The number of alkyl halides is 3. The van der Waals surface area contributed by atoms with Gasteiger partial charge in [-0.3, -0.25) is 4.79 Å². The molecule has 11 heteroatoms. The number of carbonyl (C=O) groups excluding carboxylic acids is 1. The quantitative estimate of drug-likeness (QED) is 0.422. The summed E-state index contributed by atoms with van der Waals surface area (Å²) in [5.74, 6) is -1.02. The third-order valence-corrected chi connectivity index (χ3v) is 7.28. The van der Waals surface area contributed by atoms with Crippen molar-refractivity contribution in [2.45, 2.75) is 64.9 Å². The summed E-state index contributed by atoms with van der Waals surface area (Å²) in [6, 6.07) is 5.23. The molecule has 2 aromatic heterocycles. The van der Waals surface area contributed by atoms with Gasteiger partial charge in [0, 0.05) is 59.3 Å². The number of nitrogens with one attached hydrogen (secondary N) is 1. The van der Waals surface area contributed by atoms with Crippen molar-refractivity contribution in [3.63, 3.8) is 0 Å². The van der Waals surface area contributed by atoms with Crippen LogP contribution < -0.4 is 10.1 Å². The van der Waals surface area contributed by atoms with E-state index in [1.165, 1.54) is 11.3 Å². The van der Waals surface area contributed by atoms with Crippen LogP contribution in [0.1, 0.15) is 66.3 Å². The molecule has 4 rings (SSSR count). The number of amides is 1. The second-order valence-electron chi connectivity index (χ2n) is 9.50. The highest BCUT2D eigenvalue weighted by atomic mass is 32.1. The van der Waals surface area contributed by atoms with Gasteiger partial charge >= 0.3 is 6.18 Å². The number of hydrogen-bond donors (Lipinski definition) is 1. The van der Waals surface area contributed by atoms with E-state index in [2.05, 4.69) is 39.0 Å². The highest BCUT2D eigenvalue weighted by molar-refractivity contribution is 7.14. The van der Waals surface area contributed by atoms with E-state index in [0.717, 1.165) is 53.8 Å². The number of rotatable bonds is 7. The summed E-state index contributed by atoms with van der Waals surface area (Å²) in [7, 11) is 0. The first kappa shape index (κ1) is 27.0. The molecule has 0 radical (unpaired) electrons. The second-order valence-corrected chi connectivity index (χ2v) is 10.7. The number of aryl methyl sites for hydroxylation is 1. The molecule has 1 N–H and O–H groups in total. The van der Waals surface area contributed by atoms with Gasteiger partial charge in [0.05, 0.1) is 6.04 Å². The Morgan fingerprint density at radius 2 is 1.76 bits per heavy atom. The van der Waals surface area contributed by atoms with Crippen LogP contribution in [0.25, 0.3) is 10.6 Å². The number of hydrogen-bond acceptors (Lipinski definition) is 7. The van der Waals surface area contributed by atoms with Gasteiger partial charge in [-0.2, -0.15) is 13.2 Å². The predicted molar refractivity (Wildman–Crippen MR) is 136 cm³/mol. The molecule has 1 aliphatic rings. The fourth-order valence-electron chi connectivity index (χ4n) is 4.18. The van der Waals surface area contributed by atoms with Crippen molar-refractivity contribution in [3.8, 4) is 16.3 Å². The summed E-state index contributed by atoms with van der Waals surface area (Å²) >= 11 is 1.52. The Morgan fingerprint density at radius 1 is 1.08 bits per heavy atom. The number of thiazole rings is 1. The van der Waals surface area contributed by atoms with Crippen LogP contribution in [0, 0.1) is 6.92 Å². The molecule has 0 spiro atoms. The molecule has 1 aromatic carbocycles. The van der Waals surface area contributed by atoms with E-state index in [1.807, 2.05) is 13.0 Å². The number of likely N-dealkylation sites (tertiary alicyclic amines) is 1. The van der Waals surface area contributed by atoms with Gasteiger partial charge in [-0.05, 0) is 58.7 Å². The number of nitrogens with zero attached hydrogens (tertiary/aromatic N) is 4. The number of halogens is 3. The van der Waals surface area contributed by atoms with Crippen molar-refractivity contribution in [1.29, 1.82) is 0 Å². The molecular formula is C26H30F3N5O2S. The van der Waals surface area contributed by atoms with E-state index in [0.29, 0.717) is 22.9 Å². The maximum absolute atomic E-state index is 13.2. The number of carbonyl (C=O) groups is 1. The fourth-order valence-corrected chi connectivity index (χ4v) is 4.94. The number of piperidine rings is 1. The molecule has 1 amide bonds. The lowest BCUT2D eigenvalue weighted by Gasteiger charge is -2.34. The minimum atomic E-state index is -4.62. The first-order valence-corrected chi connectivity index (χ1v) is 13.0. The van der Waals surface area contributed by atoms with Gasteiger partial charge in [0.1, 0.15) is 16.9 Å². The van der Waals surface area contributed by atoms with Crippen molar-refractivity contribution in [2.75, 3.05) is 13.1 Å². The van der Waals surface area contributed by atoms with Crippen LogP contribution in [0.4, 0.5) is 13.2 Å². The molecule has 1 fully saturated rings. The minimum absolute atomic E-state index is 0.0439. The van der Waals surface area contributed by atoms with Gasteiger partial charge < -0.3 is 15.0 Å². The lowest BCUT2D eigenvalue weighted by Crippen LogP contribution is -2.41. The maximum Gasteiger partial charge on any atom is 0.451 e. The molecule has 1 saturated heterocycles. The monoisotopic (exact) mass is 533 g/mol. The lowest BCUT2D eigenvalue weighted by atomic mass is 10.1. The van der Waals surface area contributed by atoms with Gasteiger partial charge in [-0.25, -0.2) is 15.0 Å². The molecule has 198 valence electrons. The van der Waals surface area contributed by atoms with E-state index in [9.17, 15) is 18.0 Å². The van der Waals surface area contributed by atoms with Gasteiger partial charge in [0.2, 0.25) is 5.82 Å². The first-order chi connectivity index (χ1) is 17.5. The molecule has 0 bridgehead atoms. The van der Waals surface area contributed by atoms with Crippen LogP contribution in [0.3, 0.4) is 0 Å². The zero-order valence-electron chi connectivity index (χ0n) is 21.2. The first-order valence-electron chi connectivity index (χ1n) is 12.2. The Balaban J connectivity index is 1.53. The fraction of sp³-hybridized carbons (Fsp3) is 0.462. The molecular weight excluding hydrogens is 503 g/mol. The third-order valence-electron chi connectivity index (χ3n) is 6.32. The van der Waals surface area contributed by atoms with Crippen LogP contribution in [-0.2, 0) is 6.18 Å². The highest BCUT2D eigenvalue weighted by Crippen LogP contribution is 2.31. The summed E-state index contributed by atoms with van der Waals surface area (Å²) in [4.78, 5) is 27.9. The van der Waals surface area contributed by atoms with Crippen LogP contribution in [0.2, 0.25) is 0 Å². The van der Waals surface area contributed by atoms with Gasteiger partial charge in [0.15, 0.2) is 0 Å². The Morgan fingerprint density at radius 3 is 2.32 bits per heavy atom. The van der Waals surface area contributed by atoms with E-state index >= 15 is 0 Å². The minimum Gasteiger partial charge on any atom is -0.490 e. The van der Waals surface area contributed by atoms with Crippen LogP contribution in [0.5, 0.6) is 5.75 Å². The molecule has 0 unspecified atom stereocenters. The van der Waals surface area contributed by atoms with E-state index in [-0.39, 0.29) is 12.0 Å². The summed E-state index contributed by atoms with van der Waals surface area (Å²) < 4.78 is 44.7. The van der Waals surface area contributed by atoms with Crippen LogP contribution in [0.15, 0.2) is 36.8 Å². The predicted octanol–water partition coefficient (Wildman–Crippen LogP) is 5.67. The zero-order chi connectivity index (χ0) is 26.7. The van der Waals surface area contributed by atoms with E-state index in [1.54, 1.807) is 25.3 Å². The largest absolute Gasteiger partial charge is 0.490 e. The molecule has 0 saturated carbocycles. The summed E-state index contributed by atoms with van der Waals surface area (Å²) in [5, 5.41) is 3.60. The van der Waals surface area contributed by atoms with Crippen LogP contribution in [-0.4, -0.2) is 51.0 Å². The maximum atomic E-state index is 13.2. The molecule has 7 nitrogen and oxygen atoms in total. The molecule has 3 heterocycles. The van der Waals surface area contributed by atoms with Gasteiger partial charge in [-0.15, -0.1) is 11.3 Å². The SMILES string of the molecule is Cc1cnc(-c2cc(OC3CCN(C(C)C)CC3)cc(C(=O)N[C@H](C)c3cnc(C(F)(F)F)nc3)c2)s1. The van der Waals surface area contributed by atoms with Gasteiger partial charge in [0.25, 0.3) is 5.91 Å². The summed E-state index contributed by atoms with van der Waals surface area (Å²) in [5.41, 5.74) is 1.51. The molecule has 1 aliphatic heterocycles. The number of aromatic nitrogens is 3. The Kier molecular flexibility index (Phi) is 8.13. The standard InChI is InChI=1S/C26H30F3N5O2S/c1-15(2)34-7-5-21(6-8-34)36-22-10-18(9-19(11-22)24-30-12-16(3)37-24)23(35)33-17(4)20-13-31-25(32-14-20)26(27,28)29/h9-15,17,21H,5-8H2,1-4H3,(H,33,35)/t17-/m1/s1. The molecule has 37 heavy (non-hydrogen) atoms. The van der Waals surface area contributed by atoms with E-state index < -0.39 is 18.0 Å². The number of benzene rings is 1. The smallest absolute Gasteiger partial charge is 0.451 e. The van der Waals surface area contributed by atoms with E-state index in [4.69, 9.17) is 4.74 Å². The van der Waals surface area contributed by atoms with Crippen molar-refractivity contribution < 1.29 is 22.7 Å². The third kappa shape index (κ3) is 6.84. The summed E-state index contributed by atoms with van der Waals surface area (Å²) in [6.07, 6.45) is 1.14. The lowest BCUT2D eigenvalue weighted by molar-refractivity contribution is -0.145. The molecule has 1 atom stereocenters. The molecule has 0 aliphatic carbocycles. The average Bonchev–Trinajstić information content (AvgIpc) is 3.30. The molecule has 3 aromatic rings. The van der Waals surface area contributed by atoms with Crippen molar-refractivity contribution in [3.05, 3.63) is 58.6 Å².